The zero-order chi connectivity index (χ0) is 16.0. The molecule has 2 rings (SSSR count). The van der Waals surface area contributed by atoms with Gasteiger partial charge in [0.25, 0.3) is 6.64 Å². The molecule has 1 N–H and O–H groups in total. The Balaban J connectivity index is 1.89. The quantitative estimate of drug-likeness (QED) is 0.512. The first kappa shape index (κ1) is 17.9. The van der Waals surface area contributed by atoms with Gasteiger partial charge in [-0.3, -0.25) is 0 Å². The summed E-state index contributed by atoms with van der Waals surface area (Å²) in [5.41, 5.74) is 2.37. The van der Waals surface area contributed by atoms with E-state index in [-0.39, 0.29) is 12.2 Å². The van der Waals surface area contributed by atoms with Crippen molar-refractivity contribution in [2.45, 2.75) is 71.5 Å². The highest BCUT2D eigenvalue weighted by molar-refractivity contribution is 8.10. The third-order valence-corrected chi connectivity index (χ3v) is 6.44. The molecule has 0 radical (unpaired) electrons. The summed E-state index contributed by atoms with van der Waals surface area (Å²) in [6.45, 7) is 3.95. The van der Waals surface area contributed by atoms with Crippen molar-refractivity contribution in [2.75, 3.05) is 5.09 Å². The fourth-order valence-electron chi connectivity index (χ4n) is 2.76. The molecule has 3 nitrogen and oxygen atoms in total. The minimum Gasteiger partial charge on any atom is -0.316 e. The van der Waals surface area contributed by atoms with Crippen LogP contribution < -0.4 is 5.09 Å². The van der Waals surface area contributed by atoms with Crippen molar-refractivity contribution >= 4 is 24.1 Å². The summed E-state index contributed by atoms with van der Waals surface area (Å²) >= 11 is 5.58. The van der Waals surface area contributed by atoms with Gasteiger partial charge in [-0.15, -0.1) is 0 Å². The molecule has 0 saturated carbocycles. The summed E-state index contributed by atoms with van der Waals surface area (Å²) < 4.78 is 11.7. The molecule has 1 heterocycles. The van der Waals surface area contributed by atoms with E-state index in [0.717, 1.165) is 18.5 Å². The second-order valence-corrected chi connectivity index (χ2v) is 9.27. The zero-order valence-electron chi connectivity index (χ0n) is 13.9. The lowest BCUT2D eigenvalue weighted by Crippen LogP contribution is -2.26. The van der Waals surface area contributed by atoms with Gasteiger partial charge in [-0.1, -0.05) is 38.3 Å². The van der Waals surface area contributed by atoms with Crippen LogP contribution in [0.2, 0.25) is 0 Å². The van der Waals surface area contributed by atoms with Crippen LogP contribution in [0, 0.1) is 0 Å². The molecule has 2 unspecified atom stereocenters. The molecular weight excluding hydrogens is 313 g/mol. The Morgan fingerprint density at radius 1 is 1.09 bits per heavy atom. The third kappa shape index (κ3) is 5.66. The maximum absolute atomic E-state index is 5.86. The van der Waals surface area contributed by atoms with Gasteiger partial charge in [0.15, 0.2) is 0 Å². The predicted octanol–water partition coefficient (Wildman–Crippen LogP) is 5.66. The summed E-state index contributed by atoms with van der Waals surface area (Å²) in [5, 5.41) is 3.30. The number of nitrogens with one attached hydrogen (secondary N) is 1. The monoisotopic (exact) mass is 341 g/mol. The Hall–Kier alpha value is -0.410. The molecule has 0 aliphatic carbocycles. The van der Waals surface area contributed by atoms with E-state index in [1.54, 1.807) is 0 Å². The fraction of sp³-hybridized carbons (Fsp3) is 0.647. The topological polar surface area (TPSA) is 30.5 Å². The molecule has 1 aliphatic rings. The van der Waals surface area contributed by atoms with Gasteiger partial charge in [0.05, 0.1) is 12.2 Å². The fourth-order valence-corrected chi connectivity index (χ4v) is 5.70. The maximum atomic E-state index is 5.86. The number of hydrogen-bond acceptors (Lipinski definition) is 3. The molecule has 1 fully saturated rings. The van der Waals surface area contributed by atoms with E-state index >= 15 is 0 Å². The van der Waals surface area contributed by atoms with Crippen molar-refractivity contribution in [3.63, 3.8) is 0 Å². The number of benzene rings is 1. The van der Waals surface area contributed by atoms with Crippen LogP contribution >= 0.6 is 6.64 Å². The van der Waals surface area contributed by atoms with Crippen molar-refractivity contribution in [3.05, 3.63) is 29.8 Å². The highest BCUT2D eigenvalue weighted by Crippen LogP contribution is 2.54. The van der Waals surface area contributed by atoms with Crippen molar-refractivity contribution in [2.24, 2.45) is 0 Å². The summed E-state index contributed by atoms with van der Waals surface area (Å²) in [6, 6.07) is 8.51. The molecule has 0 aromatic heterocycles. The molecule has 0 amide bonds. The van der Waals surface area contributed by atoms with E-state index in [9.17, 15) is 0 Å². The second-order valence-electron chi connectivity index (χ2n) is 6.18. The van der Waals surface area contributed by atoms with E-state index < -0.39 is 6.64 Å². The lowest BCUT2D eigenvalue weighted by molar-refractivity contribution is 0.0728. The summed E-state index contributed by atoms with van der Waals surface area (Å²) in [7, 11) is 0. The van der Waals surface area contributed by atoms with Crippen molar-refractivity contribution in [1.29, 1.82) is 0 Å². The molecule has 0 spiro atoms. The van der Waals surface area contributed by atoms with Crippen LogP contribution in [0.4, 0.5) is 5.69 Å². The van der Waals surface area contributed by atoms with Crippen LogP contribution in [-0.4, -0.2) is 12.2 Å². The molecular formula is C17H28NO2PS. The van der Waals surface area contributed by atoms with Crippen molar-refractivity contribution < 1.29 is 9.05 Å². The second kappa shape index (κ2) is 8.44. The summed E-state index contributed by atoms with van der Waals surface area (Å²) in [6.07, 6.45) is 7.54. The standard InChI is InChI=1S/C17H28NO2PS/c1-4-5-6-7-8-16-9-11-17(12-10-16)18-21(22)19-14(2)13-15(3)20-21/h9-12,14-15H,4-8,13H2,1-3H3,(H,18,22). The number of hydrogen-bond donors (Lipinski definition) is 1. The molecule has 1 saturated heterocycles. The molecule has 2 atom stereocenters. The maximum Gasteiger partial charge on any atom is 0.288 e. The zero-order valence-corrected chi connectivity index (χ0v) is 15.6. The lowest BCUT2D eigenvalue weighted by atomic mass is 10.1. The molecule has 1 aliphatic heterocycles. The lowest BCUT2D eigenvalue weighted by Gasteiger charge is -2.35. The SMILES string of the molecule is CCCCCCc1ccc(NP2(=S)OC(C)CC(C)O2)cc1. The van der Waals surface area contributed by atoms with E-state index in [1.165, 1.54) is 31.2 Å². The van der Waals surface area contributed by atoms with E-state index in [2.05, 4.69) is 50.1 Å². The van der Waals surface area contributed by atoms with Crippen LogP contribution in [0.25, 0.3) is 0 Å². The smallest absolute Gasteiger partial charge is 0.288 e. The van der Waals surface area contributed by atoms with Gasteiger partial charge in [-0.25, -0.2) is 0 Å². The number of rotatable bonds is 7. The number of unbranched alkanes of at least 4 members (excludes halogenated alkanes) is 3. The molecule has 1 aromatic rings. The summed E-state index contributed by atoms with van der Waals surface area (Å²) in [4.78, 5) is 0. The van der Waals surface area contributed by atoms with Crippen molar-refractivity contribution in [1.82, 2.24) is 0 Å². The van der Waals surface area contributed by atoms with Gasteiger partial charge in [0.2, 0.25) is 0 Å². The summed E-state index contributed by atoms with van der Waals surface area (Å²) in [5.74, 6) is 0. The van der Waals surface area contributed by atoms with E-state index in [0.29, 0.717) is 0 Å². The molecule has 1 aromatic carbocycles. The van der Waals surface area contributed by atoms with Gasteiger partial charge >= 0.3 is 0 Å². The van der Waals surface area contributed by atoms with Gasteiger partial charge in [-0.2, -0.15) is 0 Å². The van der Waals surface area contributed by atoms with Crippen LogP contribution in [0.5, 0.6) is 0 Å². The van der Waals surface area contributed by atoms with Crippen LogP contribution in [-0.2, 0) is 27.3 Å². The molecule has 22 heavy (non-hydrogen) atoms. The van der Waals surface area contributed by atoms with Gasteiger partial charge in [0, 0.05) is 12.1 Å². The van der Waals surface area contributed by atoms with Crippen molar-refractivity contribution in [3.8, 4) is 0 Å². The largest absolute Gasteiger partial charge is 0.316 e. The van der Waals surface area contributed by atoms with E-state index in [4.69, 9.17) is 20.9 Å². The average Bonchev–Trinajstić information content (AvgIpc) is 2.43. The van der Waals surface area contributed by atoms with Crippen LogP contribution in [0.1, 0.15) is 58.4 Å². The highest BCUT2D eigenvalue weighted by Gasteiger charge is 2.31. The first-order chi connectivity index (χ1) is 10.5. The Labute approximate surface area is 140 Å². The first-order valence-corrected chi connectivity index (χ1v) is 11.0. The molecule has 124 valence electrons. The Morgan fingerprint density at radius 3 is 2.32 bits per heavy atom. The Morgan fingerprint density at radius 2 is 1.73 bits per heavy atom. The predicted molar refractivity (Wildman–Crippen MR) is 97.9 cm³/mol. The highest BCUT2D eigenvalue weighted by atomic mass is 32.5. The van der Waals surface area contributed by atoms with Gasteiger partial charge in [-0.05, 0) is 56.2 Å². The van der Waals surface area contributed by atoms with Gasteiger partial charge in [0.1, 0.15) is 0 Å². The first-order valence-electron chi connectivity index (χ1n) is 8.35. The number of aryl methyl sites for hydroxylation is 1. The average molecular weight is 341 g/mol. The molecule has 0 bridgehead atoms. The Bertz CT molecular complexity index is 492. The van der Waals surface area contributed by atoms with Gasteiger partial charge < -0.3 is 14.1 Å². The molecule has 5 heteroatoms. The number of anilines is 1. The van der Waals surface area contributed by atoms with Crippen LogP contribution in [0.3, 0.4) is 0 Å². The minimum absolute atomic E-state index is 0.153. The third-order valence-electron chi connectivity index (χ3n) is 3.84. The normalized spacial score (nSPS) is 28.5. The van der Waals surface area contributed by atoms with E-state index in [1.807, 2.05) is 0 Å². The van der Waals surface area contributed by atoms with Crippen LogP contribution in [0.15, 0.2) is 24.3 Å². The minimum atomic E-state index is -2.41. The Kier molecular flexibility index (Phi) is 6.88.